The molecule has 0 spiro atoms. The highest BCUT2D eigenvalue weighted by atomic mass is 19.4. The van der Waals surface area contributed by atoms with Gasteiger partial charge in [0, 0.05) is 6.54 Å². The summed E-state index contributed by atoms with van der Waals surface area (Å²) in [5.74, 6) is -0.626. The number of ether oxygens (including phenoxy) is 1. The zero-order valence-electron chi connectivity index (χ0n) is 15.1. The Morgan fingerprint density at radius 3 is 2.61 bits per heavy atom. The Bertz CT molecular complexity index is 857. The predicted molar refractivity (Wildman–Crippen MR) is 90.5 cm³/mol. The summed E-state index contributed by atoms with van der Waals surface area (Å²) < 4.78 is 44.2. The number of imide groups is 1. The lowest BCUT2D eigenvalue weighted by atomic mass is 10.1. The van der Waals surface area contributed by atoms with Gasteiger partial charge in [-0.25, -0.2) is 14.5 Å². The number of amides is 4. The maximum Gasteiger partial charge on any atom is 0.416 e. The van der Waals surface area contributed by atoms with Crippen LogP contribution in [0.5, 0.6) is 0 Å². The van der Waals surface area contributed by atoms with Crippen molar-refractivity contribution in [1.29, 1.82) is 0 Å². The Balaban J connectivity index is 1.62. The smallest absolute Gasteiger partial charge is 0.416 e. The summed E-state index contributed by atoms with van der Waals surface area (Å²) >= 11 is 0. The number of alkyl halides is 3. The molecule has 3 aliphatic heterocycles. The SMILES string of the molecule is CC(C)OC(=O)N1CC2CC1[C@@H]1C(=O)N(c3cccc(C(F)(F)F)c3)C(=O)N21. The standard InChI is InChI=1S/C18H18F3N3O4/c1-9(2)28-17(27)22-8-12-7-13(22)14-15(25)24(16(26)23(12)14)11-5-3-4-10(6-11)18(19,20)21/h3-6,9,12-14H,7-8H2,1-2H3/t12?,13?,14-/m1/s1. The minimum Gasteiger partial charge on any atom is -0.447 e. The minimum atomic E-state index is -4.59. The maximum atomic E-state index is 13.0. The zero-order chi connectivity index (χ0) is 20.4. The van der Waals surface area contributed by atoms with Crippen LogP contribution in [0.1, 0.15) is 25.8 Å². The normalized spacial score (nSPS) is 26.5. The Labute approximate surface area is 158 Å². The van der Waals surface area contributed by atoms with Gasteiger partial charge in [-0.2, -0.15) is 13.2 Å². The minimum absolute atomic E-state index is 0.130. The van der Waals surface area contributed by atoms with E-state index in [1.807, 2.05) is 0 Å². The van der Waals surface area contributed by atoms with Crippen molar-refractivity contribution >= 4 is 23.7 Å². The van der Waals surface area contributed by atoms with Crippen molar-refractivity contribution < 1.29 is 32.3 Å². The topological polar surface area (TPSA) is 70.2 Å². The molecule has 2 unspecified atom stereocenters. The Morgan fingerprint density at radius 2 is 1.96 bits per heavy atom. The van der Waals surface area contributed by atoms with Gasteiger partial charge >= 0.3 is 18.3 Å². The van der Waals surface area contributed by atoms with Crippen LogP contribution in [-0.2, 0) is 15.7 Å². The molecule has 3 heterocycles. The highest BCUT2D eigenvalue weighted by Crippen LogP contribution is 2.43. The number of hydrogen-bond donors (Lipinski definition) is 0. The highest BCUT2D eigenvalue weighted by molar-refractivity contribution is 6.22. The van der Waals surface area contributed by atoms with E-state index in [1.165, 1.54) is 15.9 Å². The number of fused-ring (bicyclic) bond motifs is 5. The fraction of sp³-hybridized carbons (Fsp3) is 0.500. The highest BCUT2D eigenvalue weighted by Gasteiger charge is 2.63. The van der Waals surface area contributed by atoms with E-state index < -0.39 is 41.9 Å². The predicted octanol–water partition coefficient (Wildman–Crippen LogP) is 2.84. The number of halogens is 3. The molecule has 2 bridgehead atoms. The van der Waals surface area contributed by atoms with E-state index in [0.717, 1.165) is 23.1 Å². The number of urea groups is 1. The maximum absolute atomic E-state index is 13.0. The van der Waals surface area contributed by atoms with E-state index in [0.29, 0.717) is 6.42 Å². The fourth-order valence-electron chi connectivity index (χ4n) is 4.20. The number of benzene rings is 1. The van der Waals surface area contributed by atoms with Gasteiger partial charge in [-0.1, -0.05) is 6.07 Å². The quantitative estimate of drug-likeness (QED) is 0.720. The van der Waals surface area contributed by atoms with Crippen LogP contribution < -0.4 is 4.90 Å². The van der Waals surface area contributed by atoms with E-state index in [9.17, 15) is 27.6 Å². The molecule has 0 aliphatic carbocycles. The third-order valence-corrected chi connectivity index (χ3v) is 5.27. The monoisotopic (exact) mass is 397 g/mol. The number of carbonyl (C=O) groups is 3. The van der Waals surface area contributed by atoms with Gasteiger partial charge in [-0.3, -0.25) is 4.79 Å². The number of anilines is 1. The van der Waals surface area contributed by atoms with Crippen LogP contribution >= 0.6 is 0 Å². The lowest BCUT2D eigenvalue weighted by molar-refractivity contribution is -0.137. The van der Waals surface area contributed by atoms with Gasteiger partial charge in [-0.05, 0) is 38.5 Å². The van der Waals surface area contributed by atoms with Crippen molar-refractivity contribution in [2.75, 3.05) is 11.4 Å². The van der Waals surface area contributed by atoms with Crippen LogP contribution in [0, 0.1) is 0 Å². The van der Waals surface area contributed by atoms with Crippen LogP contribution in [-0.4, -0.2) is 58.6 Å². The molecule has 3 saturated heterocycles. The molecule has 0 aromatic heterocycles. The van der Waals surface area contributed by atoms with Crippen LogP contribution in [0.2, 0.25) is 0 Å². The number of hydrogen-bond acceptors (Lipinski definition) is 4. The fourth-order valence-corrected chi connectivity index (χ4v) is 4.20. The lowest BCUT2D eigenvalue weighted by Crippen LogP contribution is -2.55. The first-order valence-electron chi connectivity index (χ1n) is 8.90. The van der Waals surface area contributed by atoms with Gasteiger partial charge in [0.25, 0.3) is 5.91 Å². The van der Waals surface area contributed by atoms with Crippen molar-refractivity contribution in [1.82, 2.24) is 9.80 Å². The summed E-state index contributed by atoms with van der Waals surface area (Å²) in [4.78, 5) is 41.6. The largest absolute Gasteiger partial charge is 0.447 e. The van der Waals surface area contributed by atoms with Crippen LogP contribution in [0.25, 0.3) is 0 Å². The molecule has 3 atom stereocenters. The summed E-state index contributed by atoms with van der Waals surface area (Å²) in [7, 11) is 0. The molecule has 0 radical (unpaired) electrons. The second-order valence-electron chi connectivity index (χ2n) is 7.40. The summed E-state index contributed by atoms with van der Waals surface area (Å²) in [6.45, 7) is 3.65. The van der Waals surface area contributed by atoms with Gasteiger partial charge < -0.3 is 14.5 Å². The molecular formula is C18H18F3N3O4. The van der Waals surface area contributed by atoms with E-state index >= 15 is 0 Å². The molecule has 0 saturated carbocycles. The molecule has 7 nitrogen and oxygen atoms in total. The van der Waals surface area contributed by atoms with E-state index in [2.05, 4.69) is 0 Å². The van der Waals surface area contributed by atoms with Gasteiger partial charge in [0.05, 0.1) is 29.4 Å². The van der Waals surface area contributed by atoms with Crippen LogP contribution in [0.15, 0.2) is 24.3 Å². The number of rotatable bonds is 2. The molecule has 0 N–H and O–H groups in total. The van der Waals surface area contributed by atoms with Crippen molar-refractivity contribution in [2.24, 2.45) is 0 Å². The summed E-state index contributed by atoms with van der Waals surface area (Å²) in [5.41, 5.74) is -1.07. The average Bonchev–Trinajstić information content (AvgIpc) is 3.25. The number of piperazine rings is 1. The molecule has 4 amide bonds. The first kappa shape index (κ1) is 18.6. The van der Waals surface area contributed by atoms with Gasteiger partial charge in [0.15, 0.2) is 0 Å². The molecule has 3 aliphatic rings. The zero-order valence-corrected chi connectivity index (χ0v) is 15.1. The van der Waals surface area contributed by atoms with Crippen LogP contribution in [0.4, 0.5) is 28.4 Å². The number of likely N-dealkylation sites (tertiary alicyclic amines) is 1. The first-order chi connectivity index (χ1) is 13.1. The van der Waals surface area contributed by atoms with E-state index in [-0.39, 0.29) is 24.4 Å². The molecule has 10 heteroatoms. The molecule has 1 aromatic carbocycles. The third kappa shape index (κ3) is 2.70. The average molecular weight is 397 g/mol. The van der Waals surface area contributed by atoms with E-state index in [4.69, 9.17) is 4.74 Å². The first-order valence-corrected chi connectivity index (χ1v) is 8.90. The summed E-state index contributed by atoms with van der Waals surface area (Å²) in [6.07, 6.45) is -5.02. The molecule has 3 fully saturated rings. The number of carbonyl (C=O) groups excluding carboxylic acids is 3. The lowest BCUT2D eigenvalue weighted by Gasteiger charge is -2.34. The third-order valence-electron chi connectivity index (χ3n) is 5.27. The number of nitrogens with zero attached hydrogens (tertiary/aromatic N) is 3. The summed E-state index contributed by atoms with van der Waals surface area (Å²) in [6, 6.07) is 1.65. The molecular weight excluding hydrogens is 379 g/mol. The second-order valence-corrected chi connectivity index (χ2v) is 7.40. The Kier molecular flexibility index (Phi) is 4.06. The van der Waals surface area contributed by atoms with Crippen molar-refractivity contribution in [3.63, 3.8) is 0 Å². The van der Waals surface area contributed by atoms with E-state index in [1.54, 1.807) is 13.8 Å². The Hall–Kier alpha value is -2.78. The Morgan fingerprint density at radius 1 is 1.25 bits per heavy atom. The van der Waals surface area contributed by atoms with Gasteiger partial charge in [0.2, 0.25) is 0 Å². The van der Waals surface area contributed by atoms with Crippen molar-refractivity contribution in [3.05, 3.63) is 29.8 Å². The summed E-state index contributed by atoms with van der Waals surface area (Å²) in [5, 5.41) is 0. The second kappa shape index (κ2) is 6.11. The molecule has 150 valence electrons. The molecule has 28 heavy (non-hydrogen) atoms. The molecule has 4 rings (SSSR count). The van der Waals surface area contributed by atoms with Gasteiger partial charge in [0.1, 0.15) is 6.04 Å². The van der Waals surface area contributed by atoms with Crippen LogP contribution in [0.3, 0.4) is 0 Å². The van der Waals surface area contributed by atoms with Crippen molar-refractivity contribution in [2.45, 2.75) is 50.7 Å². The van der Waals surface area contributed by atoms with Crippen molar-refractivity contribution in [3.8, 4) is 0 Å². The van der Waals surface area contributed by atoms with Gasteiger partial charge in [-0.15, -0.1) is 0 Å². The molecule has 1 aromatic rings.